The van der Waals surface area contributed by atoms with Gasteiger partial charge in [-0.05, 0) is 5.56 Å². The number of hydrogen-bond acceptors (Lipinski definition) is 4. The summed E-state index contributed by atoms with van der Waals surface area (Å²) in [5, 5.41) is 3.11. The van der Waals surface area contributed by atoms with Crippen LogP contribution in [0.4, 0.5) is 4.79 Å². The molecule has 6 heteroatoms. The maximum atomic E-state index is 12.4. The van der Waals surface area contributed by atoms with E-state index < -0.39 is 0 Å². The average Bonchev–Trinajstić information content (AvgIpc) is 2.94. The minimum absolute atomic E-state index is 0.102. The molecule has 118 valence electrons. The molecule has 1 N–H and O–H groups in total. The van der Waals surface area contributed by atoms with Crippen LogP contribution in [0.25, 0.3) is 0 Å². The molecular weight excluding hydrogens is 298 g/mol. The van der Waals surface area contributed by atoms with Gasteiger partial charge >= 0.3 is 6.03 Å². The molecule has 1 aromatic carbocycles. The molecule has 0 bridgehead atoms. The van der Waals surface area contributed by atoms with E-state index in [2.05, 4.69) is 29.3 Å². The van der Waals surface area contributed by atoms with Gasteiger partial charge in [-0.2, -0.15) is 11.8 Å². The van der Waals surface area contributed by atoms with Gasteiger partial charge in [0.15, 0.2) is 0 Å². The topological polar surface area (TPSA) is 52.7 Å². The average molecular weight is 319 g/mol. The zero-order valence-corrected chi connectivity index (χ0v) is 13.5. The van der Waals surface area contributed by atoms with Crippen molar-refractivity contribution in [3.8, 4) is 0 Å². The van der Waals surface area contributed by atoms with E-state index in [-0.39, 0.29) is 18.0 Å². The lowest BCUT2D eigenvalue weighted by Gasteiger charge is -2.39. The summed E-state index contributed by atoms with van der Waals surface area (Å²) in [6.45, 7) is 4.42. The normalized spacial score (nSPS) is 26.0. The summed E-state index contributed by atoms with van der Waals surface area (Å²) in [5.74, 6) is 0.916. The van der Waals surface area contributed by atoms with Crippen molar-refractivity contribution in [3.63, 3.8) is 0 Å². The first-order valence-corrected chi connectivity index (χ1v) is 8.70. The standard InChI is InChI=1S/C16H21N3O2S/c1-12-15(13-5-3-2-4-6-13)18(9-10-22-12)11-14(20)19-8-7-17-16(19)21/h2-6,12,15H,7-11H2,1H3,(H,17,21)/t12-,15+/m0/s1. The highest BCUT2D eigenvalue weighted by Crippen LogP contribution is 2.35. The first-order valence-electron chi connectivity index (χ1n) is 7.65. The molecule has 0 unspecified atom stereocenters. The lowest BCUT2D eigenvalue weighted by atomic mass is 10.0. The smallest absolute Gasteiger partial charge is 0.324 e. The van der Waals surface area contributed by atoms with Crippen molar-refractivity contribution in [2.75, 3.05) is 31.9 Å². The fraction of sp³-hybridized carbons (Fsp3) is 0.500. The van der Waals surface area contributed by atoms with Crippen LogP contribution in [-0.4, -0.2) is 58.9 Å². The molecule has 2 aliphatic heterocycles. The van der Waals surface area contributed by atoms with Gasteiger partial charge in [0.05, 0.1) is 6.54 Å². The summed E-state index contributed by atoms with van der Waals surface area (Å²) in [4.78, 5) is 27.6. The van der Waals surface area contributed by atoms with E-state index in [9.17, 15) is 9.59 Å². The van der Waals surface area contributed by atoms with Gasteiger partial charge in [-0.15, -0.1) is 0 Å². The van der Waals surface area contributed by atoms with Gasteiger partial charge in [-0.1, -0.05) is 37.3 Å². The SMILES string of the molecule is C[C@@H]1SCCN(CC(=O)N2CCNC2=O)[C@H]1c1ccccc1. The van der Waals surface area contributed by atoms with Crippen LogP contribution in [0.1, 0.15) is 18.5 Å². The second-order valence-corrected chi connectivity index (χ2v) is 7.16. The lowest BCUT2D eigenvalue weighted by Crippen LogP contribution is -2.47. The Balaban J connectivity index is 1.75. The summed E-state index contributed by atoms with van der Waals surface area (Å²) in [6, 6.07) is 10.3. The second kappa shape index (κ2) is 6.71. The Hall–Kier alpha value is -1.53. The minimum Gasteiger partial charge on any atom is -0.336 e. The van der Waals surface area contributed by atoms with Gasteiger partial charge < -0.3 is 5.32 Å². The molecule has 3 rings (SSSR count). The van der Waals surface area contributed by atoms with Crippen molar-refractivity contribution in [1.82, 2.24) is 15.1 Å². The number of carbonyl (C=O) groups is 2. The summed E-state index contributed by atoms with van der Waals surface area (Å²) in [6.07, 6.45) is 0. The van der Waals surface area contributed by atoms with Gasteiger partial charge in [-0.3, -0.25) is 14.6 Å². The Morgan fingerprint density at radius 2 is 2.09 bits per heavy atom. The number of benzene rings is 1. The van der Waals surface area contributed by atoms with E-state index in [1.54, 1.807) is 0 Å². The number of amides is 3. The molecule has 1 aromatic rings. The monoisotopic (exact) mass is 319 g/mol. The van der Waals surface area contributed by atoms with E-state index in [1.165, 1.54) is 10.5 Å². The zero-order valence-electron chi connectivity index (χ0n) is 12.7. The number of nitrogens with zero attached hydrogens (tertiary/aromatic N) is 2. The molecule has 2 saturated heterocycles. The van der Waals surface area contributed by atoms with Crippen molar-refractivity contribution in [1.29, 1.82) is 0 Å². The van der Waals surface area contributed by atoms with Gasteiger partial charge in [0.25, 0.3) is 0 Å². The molecule has 0 saturated carbocycles. The molecule has 0 aliphatic carbocycles. The van der Waals surface area contributed by atoms with Crippen LogP contribution in [0.2, 0.25) is 0 Å². The lowest BCUT2D eigenvalue weighted by molar-refractivity contribution is -0.129. The number of imide groups is 1. The molecule has 5 nitrogen and oxygen atoms in total. The van der Waals surface area contributed by atoms with Crippen LogP contribution in [0.5, 0.6) is 0 Å². The maximum absolute atomic E-state index is 12.4. The number of carbonyl (C=O) groups excluding carboxylic acids is 2. The van der Waals surface area contributed by atoms with Gasteiger partial charge in [0.2, 0.25) is 5.91 Å². The number of hydrogen-bond donors (Lipinski definition) is 1. The Morgan fingerprint density at radius 3 is 2.77 bits per heavy atom. The third-order valence-electron chi connectivity index (χ3n) is 4.23. The fourth-order valence-electron chi connectivity index (χ4n) is 3.16. The second-order valence-electron chi connectivity index (χ2n) is 5.68. The Labute approximate surface area is 135 Å². The van der Waals surface area contributed by atoms with Crippen molar-refractivity contribution in [2.24, 2.45) is 0 Å². The van der Waals surface area contributed by atoms with Crippen LogP contribution < -0.4 is 5.32 Å². The predicted octanol–water partition coefficient (Wildman–Crippen LogP) is 1.72. The van der Waals surface area contributed by atoms with Crippen molar-refractivity contribution in [2.45, 2.75) is 18.2 Å². The Morgan fingerprint density at radius 1 is 1.32 bits per heavy atom. The Kier molecular flexibility index (Phi) is 4.69. The molecule has 3 amide bonds. The molecule has 2 aliphatic rings. The molecule has 2 fully saturated rings. The molecule has 0 spiro atoms. The molecule has 0 aromatic heterocycles. The van der Waals surface area contributed by atoms with Crippen LogP contribution >= 0.6 is 11.8 Å². The number of rotatable bonds is 3. The summed E-state index contributed by atoms with van der Waals surface area (Å²) in [5.41, 5.74) is 1.24. The quantitative estimate of drug-likeness (QED) is 0.922. The van der Waals surface area contributed by atoms with Gasteiger partial charge in [0.1, 0.15) is 0 Å². The first-order chi connectivity index (χ1) is 10.7. The van der Waals surface area contributed by atoms with Gasteiger partial charge in [0, 0.05) is 36.7 Å². The van der Waals surface area contributed by atoms with Crippen molar-refractivity contribution >= 4 is 23.7 Å². The Bertz CT molecular complexity index is 552. The van der Waals surface area contributed by atoms with E-state index in [0.29, 0.717) is 24.9 Å². The molecule has 2 heterocycles. The van der Waals surface area contributed by atoms with Gasteiger partial charge in [-0.25, -0.2) is 4.79 Å². The zero-order chi connectivity index (χ0) is 15.5. The van der Waals surface area contributed by atoms with E-state index in [0.717, 1.165) is 12.3 Å². The van der Waals surface area contributed by atoms with E-state index >= 15 is 0 Å². The van der Waals surface area contributed by atoms with Crippen LogP contribution in [0.3, 0.4) is 0 Å². The summed E-state index contributed by atoms with van der Waals surface area (Å²) >= 11 is 1.94. The first kappa shape index (κ1) is 15.4. The molecule has 0 radical (unpaired) electrons. The van der Waals surface area contributed by atoms with Crippen molar-refractivity contribution in [3.05, 3.63) is 35.9 Å². The fourth-order valence-corrected chi connectivity index (χ4v) is 4.38. The highest BCUT2D eigenvalue weighted by atomic mass is 32.2. The number of thioether (sulfide) groups is 1. The van der Waals surface area contributed by atoms with Crippen LogP contribution in [0.15, 0.2) is 30.3 Å². The summed E-state index contributed by atoms with van der Waals surface area (Å²) < 4.78 is 0. The van der Waals surface area contributed by atoms with Crippen LogP contribution in [-0.2, 0) is 4.79 Å². The molecule has 2 atom stereocenters. The van der Waals surface area contributed by atoms with Crippen molar-refractivity contribution < 1.29 is 9.59 Å². The minimum atomic E-state index is -0.263. The van der Waals surface area contributed by atoms with Crippen LogP contribution in [0, 0.1) is 0 Å². The molecular formula is C16H21N3O2S. The largest absolute Gasteiger partial charge is 0.336 e. The number of nitrogens with one attached hydrogen (secondary N) is 1. The summed E-state index contributed by atoms with van der Waals surface area (Å²) in [7, 11) is 0. The van der Waals surface area contributed by atoms with E-state index in [4.69, 9.17) is 0 Å². The molecule has 22 heavy (non-hydrogen) atoms. The highest BCUT2D eigenvalue weighted by Gasteiger charge is 2.34. The van der Waals surface area contributed by atoms with E-state index in [1.807, 2.05) is 30.0 Å². The third kappa shape index (κ3) is 3.13. The number of urea groups is 1. The highest BCUT2D eigenvalue weighted by molar-refractivity contribution is 8.00. The predicted molar refractivity (Wildman–Crippen MR) is 87.8 cm³/mol. The maximum Gasteiger partial charge on any atom is 0.324 e. The third-order valence-corrected chi connectivity index (χ3v) is 5.44.